The second-order valence-corrected chi connectivity index (χ2v) is 7.49. The lowest BCUT2D eigenvalue weighted by molar-refractivity contribution is -0.132. The number of carbonyl (C=O) groups excluding carboxylic acids is 1. The van der Waals surface area contributed by atoms with E-state index in [1.807, 2.05) is 37.2 Å². The Morgan fingerprint density at radius 2 is 2.17 bits per heavy atom. The van der Waals surface area contributed by atoms with Crippen LogP contribution in [-0.2, 0) is 11.2 Å². The summed E-state index contributed by atoms with van der Waals surface area (Å²) in [5.74, 6) is 1.85. The Balaban J connectivity index is 1.58. The molecule has 1 amide bonds. The van der Waals surface area contributed by atoms with Crippen LogP contribution in [0.2, 0.25) is 0 Å². The highest BCUT2D eigenvalue weighted by molar-refractivity contribution is 5.78. The molecule has 1 aliphatic heterocycles. The molecule has 0 saturated carbocycles. The van der Waals surface area contributed by atoms with Crippen molar-refractivity contribution in [1.29, 1.82) is 0 Å². The molecular formula is C22H25N5O3. The molecule has 1 unspecified atom stereocenters. The van der Waals surface area contributed by atoms with Gasteiger partial charge in [0.25, 0.3) is 5.88 Å². The largest absolute Gasteiger partial charge is 0.479 e. The first kappa shape index (κ1) is 20.0. The topological polar surface area (TPSA) is 94.2 Å². The third-order valence-corrected chi connectivity index (χ3v) is 5.47. The summed E-state index contributed by atoms with van der Waals surface area (Å²) in [5.41, 5.74) is 3.98. The predicted octanol–water partition coefficient (Wildman–Crippen LogP) is 3.45. The first-order chi connectivity index (χ1) is 14.6. The fourth-order valence-electron chi connectivity index (χ4n) is 3.96. The first-order valence-corrected chi connectivity index (χ1v) is 10.1. The Kier molecular flexibility index (Phi) is 5.74. The molecule has 0 aliphatic carbocycles. The van der Waals surface area contributed by atoms with E-state index in [0.717, 1.165) is 41.8 Å². The van der Waals surface area contributed by atoms with Gasteiger partial charge in [-0.1, -0.05) is 0 Å². The highest BCUT2D eigenvalue weighted by Crippen LogP contribution is 2.37. The van der Waals surface area contributed by atoms with Gasteiger partial charge in [-0.15, -0.1) is 0 Å². The average Bonchev–Trinajstić information content (AvgIpc) is 3.42. The summed E-state index contributed by atoms with van der Waals surface area (Å²) in [7, 11) is 1.54. The van der Waals surface area contributed by atoms with Crippen LogP contribution in [0.4, 0.5) is 0 Å². The van der Waals surface area contributed by atoms with Gasteiger partial charge in [0.15, 0.2) is 0 Å². The van der Waals surface area contributed by atoms with Crippen LogP contribution in [0.25, 0.3) is 11.1 Å². The SMILES string of the molecule is COc1cc(CCC(=O)N2CCCC2c2nc(C)ncc2-c2ccncc2C)on1. The molecule has 0 radical (unpaired) electrons. The van der Waals surface area contributed by atoms with Crippen LogP contribution in [0, 0.1) is 13.8 Å². The number of amides is 1. The van der Waals surface area contributed by atoms with Crippen LogP contribution in [-0.4, -0.2) is 44.6 Å². The van der Waals surface area contributed by atoms with Gasteiger partial charge in [-0.05, 0) is 49.0 Å². The summed E-state index contributed by atoms with van der Waals surface area (Å²) in [6, 6.07) is 3.63. The van der Waals surface area contributed by atoms with E-state index in [2.05, 4.69) is 15.1 Å². The zero-order valence-electron chi connectivity index (χ0n) is 17.5. The Hall–Kier alpha value is -3.29. The number of methoxy groups -OCH3 is 1. The molecule has 3 aromatic rings. The monoisotopic (exact) mass is 407 g/mol. The molecule has 1 fully saturated rings. The Morgan fingerprint density at radius 1 is 1.30 bits per heavy atom. The van der Waals surface area contributed by atoms with Gasteiger partial charge in [-0.25, -0.2) is 9.97 Å². The summed E-state index contributed by atoms with van der Waals surface area (Å²) >= 11 is 0. The maximum atomic E-state index is 13.1. The van der Waals surface area contributed by atoms with Gasteiger partial charge >= 0.3 is 0 Å². The number of hydrogen-bond acceptors (Lipinski definition) is 7. The first-order valence-electron chi connectivity index (χ1n) is 10.1. The number of aryl methyl sites for hydroxylation is 3. The van der Waals surface area contributed by atoms with Gasteiger partial charge in [0.2, 0.25) is 5.91 Å². The molecular weight excluding hydrogens is 382 g/mol. The van der Waals surface area contributed by atoms with Gasteiger partial charge in [0.05, 0.1) is 18.8 Å². The summed E-state index contributed by atoms with van der Waals surface area (Å²) in [4.78, 5) is 28.4. The number of hydrogen-bond donors (Lipinski definition) is 0. The van der Waals surface area contributed by atoms with E-state index in [4.69, 9.17) is 14.2 Å². The lowest BCUT2D eigenvalue weighted by Gasteiger charge is -2.26. The summed E-state index contributed by atoms with van der Waals surface area (Å²) in [5, 5.41) is 3.79. The van der Waals surface area contributed by atoms with Crippen molar-refractivity contribution < 1.29 is 14.1 Å². The van der Waals surface area contributed by atoms with Gasteiger partial charge in [0.1, 0.15) is 11.6 Å². The summed E-state index contributed by atoms with van der Waals surface area (Å²) < 4.78 is 10.2. The smallest absolute Gasteiger partial charge is 0.254 e. The van der Waals surface area contributed by atoms with Crippen molar-refractivity contribution in [2.75, 3.05) is 13.7 Å². The zero-order valence-corrected chi connectivity index (χ0v) is 17.5. The van der Waals surface area contributed by atoms with Crippen LogP contribution in [0.3, 0.4) is 0 Å². The normalized spacial score (nSPS) is 16.1. The molecule has 8 nitrogen and oxygen atoms in total. The van der Waals surface area contributed by atoms with Crippen molar-refractivity contribution in [3.05, 3.63) is 53.6 Å². The van der Waals surface area contributed by atoms with Crippen LogP contribution >= 0.6 is 0 Å². The number of pyridine rings is 1. The molecule has 1 saturated heterocycles. The van der Waals surface area contributed by atoms with E-state index < -0.39 is 0 Å². The van der Waals surface area contributed by atoms with Crippen LogP contribution < -0.4 is 4.74 Å². The zero-order chi connectivity index (χ0) is 21.1. The maximum absolute atomic E-state index is 13.1. The lowest BCUT2D eigenvalue weighted by Crippen LogP contribution is -2.31. The Morgan fingerprint density at radius 3 is 2.93 bits per heavy atom. The Labute approximate surface area is 175 Å². The maximum Gasteiger partial charge on any atom is 0.254 e. The molecule has 1 atom stereocenters. The van der Waals surface area contributed by atoms with E-state index in [0.29, 0.717) is 30.3 Å². The molecule has 0 N–H and O–H groups in total. The molecule has 30 heavy (non-hydrogen) atoms. The van der Waals surface area contributed by atoms with E-state index >= 15 is 0 Å². The van der Waals surface area contributed by atoms with E-state index in [1.165, 1.54) is 7.11 Å². The molecule has 156 valence electrons. The summed E-state index contributed by atoms with van der Waals surface area (Å²) in [6.07, 6.45) is 8.14. The Bertz CT molecular complexity index is 1050. The van der Waals surface area contributed by atoms with E-state index in [1.54, 1.807) is 12.3 Å². The van der Waals surface area contributed by atoms with Crippen LogP contribution in [0.5, 0.6) is 5.88 Å². The number of aromatic nitrogens is 4. The standard InChI is InChI=1S/C22H25N5O3/c1-14-12-23-9-8-17(14)18-13-24-15(2)25-22(18)19-5-4-10-27(19)21(28)7-6-16-11-20(29-3)26-30-16/h8-9,11-13,19H,4-7,10H2,1-3H3. The predicted molar refractivity (Wildman–Crippen MR) is 110 cm³/mol. The lowest BCUT2D eigenvalue weighted by atomic mass is 9.97. The molecule has 8 heteroatoms. The highest BCUT2D eigenvalue weighted by Gasteiger charge is 2.33. The molecule has 4 heterocycles. The fourth-order valence-corrected chi connectivity index (χ4v) is 3.96. The minimum absolute atomic E-state index is 0.0639. The van der Waals surface area contributed by atoms with E-state index in [-0.39, 0.29) is 11.9 Å². The molecule has 3 aromatic heterocycles. The van der Waals surface area contributed by atoms with Gasteiger partial charge < -0.3 is 14.2 Å². The molecule has 1 aliphatic rings. The quantitative estimate of drug-likeness (QED) is 0.618. The van der Waals surface area contributed by atoms with Crippen molar-refractivity contribution >= 4 is 5.91 Å². The molecule has 0 bridgehead atoms. The molecule has 0 spiro atoms. The van der Waals surface area contributed by atoms with Crippen molar-refractivity contribution in [3.63, 3.8) is 0 Å². The second kappa shape index (κ2) is 8.61. The van der Waals surface area contributed by atoms with Gasteiger partial charge in [0, 0.05) is 49.6 Å². The molecule has 4 rings (SSSR count). The average molecular weight is 407 g/mol. The number of carbonyl (C=O) groups is 1. The van der Waals surface area contributed by atoms with Gasteiger partial charge in [-0.2, -0.15) is 0 Å². The second-order valence-electron chi connectivity index (χ2n) is 7.49. The van der Waals surface area contributed by atoms with Gasteiger partial charge in [-0.3, -0.25) is 9.78 Å². The van der Waals surface area contributed by atoms with Crippen molar-refractivity contribution in [2.45, 2.75) is 45.6 Å². The third kappa shape index (κ3) is 4.03. The van der Waals surface area contributed by atoms with Crippen LogP contribution in [0.15, 0.2) is 35.2 Å². The highest BCUT2D eigenvalue weighted by atomic mass is 16.5. The fraction of sp³-hybridized carbons (Fsp3) is 0.409. The summed E-state index contributed by atoms with van der Waals surface area (Å²) in [6.45, 7) is 4.63. The van der Waals surface area contributed by atoms with E-state index in [9.17, 15) is 4.79 Å². The number of likely N-dealkylation sites (tertiary alicyclic amines) is 1. The van der Waals surface area contributed by atoms with Crippen molar-refractivity contribution in [2.24, 2.45) is 0 Å². The molecule has 0 aromatic carbocycles. The third-order valence-electron chi connectivity index (χ3n) is 5.47. The minimum atomic E-state index is -0.0639. The number of nitrogens with zero attached hydrogens (tertiary/aromatic N) is 5. The van der Waals surface area contributed by atoms with Crippen LogP contribution in [0.1, 0.15) is 48.1 Å². The minimum Gasteiger partial charge on any atom is -0.479 e. The number of ether oxygens (including phenoxy) is 1. The van der Waals surface area contributed by atoms with Crippen molar-refractivity contribution in [3.8, 4) is 17.0 Å². The van der Waals surface area contributed by atoms with Crippen molar-refractivity contribution in [1.82, 2.24) is 25.0 Å². The number of rotatable bonds is 6.